The summed E-state index contributed by atoms with van der Waals surface area (Å²) in [6.07, 6.45) is 3.13. The molecule has 120 valence electrons. The third kappa shape index (κ3) is 4.92. The fourth-order valence-electron chi connectivity index (χ4n) is 2.08. The summed E-state index contributed by atoms with van der Waals surface area (Å²) in [5.41, 5.74) is 2.37. The average Bonchev–Trinajstić information content (AvgIpc) is 2.59. The standard InChI is InChI=1S/C18H21N3O2/c1-13(2)14-3-5-15(6-4-14)17(22)20-11-12-21-18(23)16-7-9-19-10-8-16/h3-10,13H,11-12H2,1-2H3,(H,20,22)(H,21,23). The van der Waals surface area contributed by atoms with E-state index in [0.29, 0.717) is 30.1 Å². The minimum absolute atomic E-state index is 0.140. The molecule has 0 atom stereocenters. The van der Waals surface area contributed by atoms with Crippen molar-refractivity contribution >= 4 is 11.8 Å². The van der Waals surface area contributed by atoms with Crippen LogP contribution in [0.4, 0.5) is 0 Å². The van der Waals surface area contributed by atoms with Crippen molar-refractivity contribution in [1.82, 2.24) is 15.6 Å². The molecule has 0 fully saturated rings. The molecular weight excluding hydrogens is 290 g/mol. The van der Waals surface area contributed by atoms with Crippen LogP contribution < -0.4 is 10.6 Å². The van der Waals surface area contributed by atoms with Crippen molar-refractivity contribution in [3.8, 4) is 0 Å². The van der Waals surface area contributed by atoms with E-state index in [0.717, 1.165) is 0 Å². The number of amides is 2. The van der Waals surface area contributed by atoms with Crippen molar-refractivity contribution < 1.29 is 9.59 Å². The van der Waals surface area contributed by atoms with E-state index in [4.69, 9.17) is 0 Å². The Bertz CT molecular complexity index is 652. The number of hydrogen-bond donors (Lipinski definition) is 2. The Balaban J connectivity index is 1.75. The average molecular weight is 311 g/mol. The molecule has 2 rings (SSSR count). The van der Waals surface area contributed by atoms with E-state index in [-0.39, 0.29) is 11.8 Å². The zero-order chi connectivity index (χ0) is 16.7. The molecule has 0 radical (unpaired) electrons. The van der Waals surface area contributed by atoms with Crippen LogP contribution in [0.25, 0.3) is 0 Å². The van der Waals surface area contributed by atoms with Gasteiger partial charge in [0.25, 0.3) is 11.8 Å². The number of pyridine rings is 1. The van der Waals surface area contributed by atoms with Crippen LogP contribution in [0.15, 0.2) is 48.8 Å². The molecule has 1 aromatic heterocycles. The van der Waals surface area contributed by atoms with Crippen LogP contribution in [-0.4, -0.2) is 29.9 Å². The fraction of sp³-hybridized carbons (Fsp3) is 0.278. The molecular formula is C18H21N3O2. The zero-order valence-corrected chi connectivity index (χ0v) is 13.4. The summed E-state index contributed by atoms with van der Waals surface area (Å²) in [5.74, 6) is 0.122. The molecule has 1 aromatic carbocycles. The highest BCUT2D eigenvalue weighted by Crippen LogP contribution is 2.14. The summed E-state index contributed by atoms with van der Waals surface area (Å²) in [4.78, 5) is 27.7. The molecule has 0 spiro atoms. The first kappa shape index (κ1) is 16.7. The zero-order valence-electron chi connectivity index (χ0n) is 13.4. The van der Waals surface area contributed by atoms with E-state index in [1.165, 1.54) is 5.56 Å². The number of carbonyl (C=O) groups excluding carboxylic acids is 2. The maximum Gasteiger partial charge on any atom is 0.251 e. The maximum absolute atomic E-state index is 12.0. The van der Waals surface area contributed by atoms with Gasteiger partial charge in [-0.15, -0.1) is 0 Å². The van der Waals surface area contributed by atoms with Crippen molar-refractivity contribution in [3.05, 3.63) is 65.5 Å². The van der Waals surface area contributed by atoms with Crippen molar-refractivity contribution in [2.24, 2.45) is 0 Å². The molecule has 0 aliphatic heterocycles. The van der Waals surface area contributed by atoms with Crippen LogP contribution >= 0.6 is 0 Å². The van der Waals surface area contributed by atoms with Gasteiger partial charge < -0.3 is 10.6 Å². The Hall–Kier alpha value is -2.69. The monoisotopic (exact) mass is 311 g/mol. The first-order valence-corrected chi connectivity index (χ1v) is 7.64. The number of rotatable bonds is 6. The summed E-state index contributed by atoms with van der Waals surface area (Å²) < 4.78 is 0. The van der Waals surface area contributed by atoms with Crippen LogP contribution in [0.3, 0.4) is 0 Å². The van der Waals surface area contributed by atoms with Crippen molar-refractivity contribution in [3.63, 3.8) is 0 Å². The van der Waals surface area contributed by atoms with E-state index < -0.39 is 0 Å². The van der Waals surface area contributed by atoms with Gasteiger partial charge in [0.05, 0.1) is 0 Å². The molecule has 5 nitrogen and oxygen atoms in total. The maximum atomic E-state index is 12.0. The summed E-state index contributed by atoms with van der Waals surface area (Å²) in [7, 11) is 0. The first-order valence-electron chi connectivity index (χ1n) is 7.64. The van der Waals surface area contributed by atoms with Gasteiger partial charge in [-0.2, -0.15) is 0 Å². The number of benzene rings is 1. The van der Waals surface area contributed by atoms with Crippen LogP contribution in [0, 0.1) is 0 Å². The number of aromatic nitrogens is 1. The Kier molecular flexibility index (Phi) is 5.86. The highest BCUT2D eigenvalue weighted by molar-refractivity contribution is 5.95. The molecule has 2 aromatic rings. The molecule has 0 bridgehead atoms. The molecule has 1 heterocycles. The van der Waals surface area contributed by atoms with E-state index >= 15 is 0 Å². The lowest BCUT2D eigenvalue weighted by molar-refractivity contribution is 0.0927. The quantitative estimate of drug-likeness (QED) is 0.805. The Morgan fingerprint density at radius 2 is 1.35 bits per heavy atom. The minimum atomic E-state index is -0.178. The lowest BCUT2D eigenvalue weighted by Crippen LogP contribution is -2.34. The fourth-order valence-corrected chi connectivity index (χ4v) is 2.08. The van der Waals surface area contributed by atoms with Gasteiger partial charge in [-0.05, 0) is 35.7 Å². The van der Waals surface area contributed by atoms with Crippen molar-refractivity contribution in [1.29, 1.82) is 0 Å². The number of nitrogens with one attached hydrogen (secondary N) is 2. The molecule has 0 unspecified atom stereocenters. The Morgan fingerprint density at radius 1 is 0.870 bits per heavy atom. The van der Waals surface area contributed by atoms with E-state index in [9.17, 15) is 9.59 Å². The van der Waals surface area contributed by atoms with Gasteiger partial charge in [-0.25, -0.2) is 0 Å². The molecule has 0 saturated heterocycles. The third-order valence-corrected chi connectivity index (χ3v) is 3.48. The van der Waals surface area contributed by atoms with E-state index in [1.807, 2.05) is 24.3 Å². The second-order valence-corrected chi connectivity index (χ2v) is 5.52. The Morgan fingerprint density at radius 3 is 1.83 bits per heavy atom. The lowest BCUT2D eigenvalue weighted by Gasteiger charge is -2.09. The molecule has 0 saturated carbocycles. The smallest absolute Gasteiger partial charge is 0.251 e. The first-order chi connectivity index (χ1) is 11.1. The molecule has 2 amide bonds. The topological polar surface area (TPSA) is 71.1 Å². The predicted molar refractivity (Wildman–Crippen MR) is 89.4 cm³/mol. The van der Waals surface area contributed by atoms with Gasteiger partial charge in [0.15, 0.2) is 0 Å². The van der Waals surface area contributed by atoms with Crippen LogP contribution in [0.5, 0.6) is 0 Å². The van der Waals surface area contributed by atoms with Gasteiger partial charge >= 0.3 is 0 Å². The largest absolute Gasteiger partial charge is 0.350 e. The number of carbonyl (C=O) groups is 2. The van der Waals surface area contributed by atoms with Crippen molar-refractivity contribution in [2.45, 2.75) is 19.8 Å². The molecule has 23 heavy (non-hydrogen) atoms. The number of hydrogen-bond acceptors (Lipinski definition) is 3. The summed E-state index contributed by atoms with van der Waals surface area (Å²) in [6.45, 7) is 4.97. The van der Waals surface area contributed by atoms with Crippen LogP contribution in [0.2, 0.25) is 0 Å². The number of nitrogens with zero attached hydrogens (tertiary/aromatic N) is 1. The van der Waals surface area contributed by atoms with E-state index in [1.54, 1.807) is 24.5 Å². The van der Waals surface area contributed by atoms with Crippen molar-refractivity contribution in [2.75, 3.05) is 13.1 Å². The van der Waals surface area contributed by atoms with E-state index in [2.05, 4.69) is 29.5 Å². The lowest BCUT2D eigenvalue weighted by atomic mass is 10.0. The highest BCUT2D eigenvalue weighted by Gasteiger charge is 2.07. The summed E-state index contributed by atoms with van der Waals surface area (Å²) in [6, 6.07) is 10.9. The third-order valence-electron chi connectivity index (χ3n) is 3.48. The van der Waals surface area contributed by atoms with Gasteiger partial charge in [-0.1, -0.05) is 26.0 Å². The molecule has 0 aliphatic rings. The molecule has 5 heteroatoms. The van der Waals surface area contributed by atoms with Gasteiger partial charge in [0.1, 0.15) is 0 Å². The normalized spacial score (nSPS) is 10.4. The van der Waals surface area contributed by atoms with Gasteiger partial charge in [0.2, 0.25) is 0 Å². The second-order valence-electron chi connectivity index (χ2n) is 5.52. The van der Waals surface area contributed by atoms with Crippen LogP contribution in [0.1, 0.15) is 46.0 Å². The molecule has 2 N–H and O–H groups in total. The summed E-state index contributed by atoms with van der Waals surface area (Å²) >= 11 is 0. The minimum Gasteiger partial charge on any atom is -0.350 e. The van der Waals surface area contributed by atoms with Gasteiger partial charge in [-0.3, -0.25) is 14.6 Å². The van der Waals surface area contributed by atoms with Crippen LogP contribution in [-0.2, 0) is 0 Å². The highest BCUT2D eigenvalue weighted by atomic mass is 16.2. The Labute approximate surface area is 136 Å². The second kappa shape index (κ2) is 8.08. The predicted octanol–water partition coefficient (Wildman–Crippen LogP) is 2.36. The summed E-state index contributed by atoms with van der Waals surface area (Å²) in [5, 5.41) is 5.54. The SMILES string of the molecule is CC(C)c1ccc(C(=O)NCCNC(=O)c2ccncc2)cc1. The molecule has 0 aliphatic carbocycles. The van der Waals surface area contributed by atoms with Gasteiger partial charge in [0, 0.05) is 36.6 Å².